The van der Waals surface area contributed by atoms with Gasteiger partial charge >= 0.3 is 12.0 Å². The first kappa shape index (κ1) is 15.8. The first-order chi connectivity index (χ1) is 9.97. The molecule has 0 atom stereocenters. The molecule has 2 rings (SSSR count). The van der Waals surface area contributed by atoms with Crippen molar-refractivity contribution in [3.63, 3.8) is 0 Å². The molecule has 21 heavy (non-hydrogen) atoms. The van der Waals surface area contributed by atoms with Gasteiger partial charge in [0.05, 0.1) is 5.69 Å². The minimum Gasteiger partial charge on any atom is -0.481 e. The van der Waals surface area contributed by atoms with Crippen LogP contribution in [0.3, 0.4) is 0 Å². The van der Waals surface area contributed by atoms with Crippen LogP contribution in [0.5, 0.6) is 0 Å². The van der Waals surface area contributed by atoms with Crippen molar-refractivity contribution in [2.75, 3.05) is 11.9 Å². The third-order valence-corrected chi connectivity index (χ3v) is 4.18. The van der Waals surface area contributed by atoms with Gasteiger partial charge in [-0.3, -0.25) is 10.1 Å². The number of carboxylic acids is 1. The molecule has 1 aromatic rings. The van der Waals surface area contributed by atoms with Crippen molar-refractivity contribution in [3.8, 4) is 0 Å². The van der Waals surface area contributed by atoms with Crippen molar-refractivity contribution in [1.82, 2.24) is 9.88 Å². The zero-order valence-electron chi connectivity index (χ0n) is 12.3. The lowest BCUT2D eigenvalue weighted by atomic mass is 10.2. The molecule has 0 unspecified atom stereocenters. The number of amides is 2. The molecule has 2 N–H and O–H groups in total. The Balaban J connectivity index is 1.88. The molecule has 7 heteroatoms. The topological polar surface area (TPSA) is 82.5 Å². The summed E-state index contributed by atoms with van der Waals surface area (Å²) in [4.78, 5) is 28.9. The molecule has 6 nitrogen and oxygen atoms in total. The number of carbonyl (C=O) groups is 2. The molecule has 1 heterocycles. The van der Waals surface area contributed by atoms with E-state index in [1.807, 2.05) is 19.2 Å². The van der Waals surface area contributed by atoms with Crippen LogP contribution in [0.2, 0.25) is 0 Å². The predicted octanol–water partition coefficient (Wildman–Crippen LogP) is 3.13. The van der Waals surface area contributed by atoms with E-state index >= 15 is 0 Å². The molecule has 0 bridgehead atoms. The third-order valence-electron chi connectivity index (χ3n) is 3.41. The summed E-state index contributed by atoms with van der Waals surface area (Å²) in [5, 5.41) is 14.1. The monoisotopic (exact) mass is 311 g/mol. The Hall–Kier alpha value is -1.63. The number of carbonyl (C=O) groups excluding carboxylic acids is 1. The lowest BCUT2D eigenvalue weighted by molar-refractivity contribution is -0.137. The van der Waals surface area contributed by atoms with Gasteiger partial charge in [0.25, 0.3) is 0 Å². The number of urea groups is 1. The zero-order valence-corrected chi connectivity index (χ0v) is 13.2. The Bertz CT molecular complexity index is 511. The minimum absolute atomic E-state index is 0.0154. The van der Waals surface area contributed by atoms with E-state index in [0.29, 0.717) is 24.0 Å². The second-order valence-corrected chi connectivity index (χ2v) is 6.42. The summed E-state index contributed by atoms with van der Waals surface area (Å²) < 4.78 is 0. The van der Waals surface area contributed by atoms with Crippen molar-refractivity contribution in [2.24, 2.45) is 0 Å². The summed E-state index contributed by atoms with van der Waals surface area (Å²) in [6.07, 6.45) is 2.89. The summed E-state index contributed by atoms with van der Waals surface area (Å²) in [5.41, 5.74) is 1.07. The van der Waals surface area contributed by atoms with Gasteiger partial charge in [-0.1, -0.05) is 0 Å². The fraction of sp³-hybridized carbons (Fsp3) is 0.643. The number of hydrogen-bond donors (Lipinski definition) is 2. The zero-order chi connectivity index (χ0) is 15.4. The van der Waals surface area contributed by atoms with Crippen molar-refractivity contribution < 1.29 is 14.7 Å². The highest BCUT2D eigenvalue weighted by atomic mass is 32.1. The molecule has 1 fully saturated rings. The van der Waals surface area contributed by atoms with E-state index in [2.05, 4.69) is 10.3 Å². The second kappa shape index (κ2) is 6.89. The molecule has 0 aromatic carbocycles. The number of hydrogen-bond acceptors (Lipinski definition) is 4. The molecule has 1 aliphatic carbocycles. The van der Waals surface area contributed by atoms with E-state index in [9.17, 15) is 9.59 Å². The van der Waals surface area contributed by atoms with Gasteiger partial charge in [-0.25, -0.2) is 9.78 Å². The van der Waals surface area contributed by atoms with Gasteiger partial charge < -0.3 is 10.0 Å². The van der Waals surface area contributed by atoms with E-state index in [1.165, 1.54) is 24.2 Å². The molecule has 1 aromatic heterocycles. The number of rotatable bonds is 7. The summed E-state index contributed by atoms with van der Waals surface area (Å²) in [6.45, 7) is 4.26. The van der Waals surface area contributed by atoms with Crippen LogP contribution in [0.25, 0.3) is 0 Å². The normalized spacial score (nSPS) is 14.2. The van der Waals surface area contributed by atoms with Crippen molar-refractivity contribution in [3.05, 3.63) is 11.1 Å². The first-order valence-electron chi connectivity index (χ1n) is 7.22. The van der Waals surface area contributed by atoms with Gasteiger partial charge in [0, 0.05) is 30.3 Å². The molecule has 0 aliphatic heterocycles. The fourth-order valence-corrected chi connectivity index (χ4v) is 2.85. The lowest BCUT2D eigenvalue weighted by Crippen LogP contribution is -2.40. The Morgan fingerprint density at radius 1 is 1.52 bits per heavy atom. The summed E-state index contributed by atoms with van der Waals surface area (Å²) in [5.74, 6) is -0.267. The Morgan fingerprint density at radius 3 is 2.81 bits per heavy atom. The van der Waals surface area contributed by atoms with Crippen LogP contribution in [-0.2, 0) is 4.79 Å². The molecular weight excluding hydrogens is 290 g/mol. The van der Waals surface area contributed by atoms with Crippen LogP contribution >= 0.6 is 11.3 Å². The second-order valence-electron chi connectivity index (χ2n) is 5.57. The highest BCUT2D eigenvalue weighted by Crippen LogP contribution is 2.40. The van der Waals surface area contributed by atoms with E-state index in [4.69, 9.17) is 5.11 Å². The molecule has 1 aliphatic rings. The molecule has 1 saturated carbocycles. The summed E-state index contributed by atoms with van der Waals surface area (Å²) >= 11 is 1.44. The number of aliphatic carboxylic acids is 1. The van der Waals surface area contributed by atoms with Crippen molar-refractivity contribution in [2.45, 2.75) is 51.5 Å². The SMILES string of the molecule is CC(C)N(CCCC(=O)O)C(=O)Nc1nc(C2CC2)cs1. The van der Waals surface area contributed by atoms with Gasteiger partial charge in [0.15, 0.2) is 5.13 Å². The Labute approximate surface area is 128 Å². The van der Waals surface area contributed by atoms with Crippen LogP contribution in [0, 0.1) is 0 Å². The minimum atomic E-state index is -0.840. The van der Waals surface area contributed by atoms with Crippen LogP contribution in [0.4, 0.5) is 9.93 Å². The Kier molecular flexibility index (Phi) is 5.17. The maximum Gasteiger partial charge on any atom is 0.323 e. The first-order valence-corrected chi connectivity index (χ1v) is 8.10. The van der Waals surface area contributed by atoms with Gasteiger partial charge in [-0.05, 0) is 33.1 Å². The Morgan fingerprint density at radius 2 is 2.24 bits per heavy atom. The van der Waals surface area contributed by atoms with Gasteiger partial charge in [0.2, 0.25) is 0 Å². The highest BCUT2D eigenvalue weighted by molar-refractivity contribution is 7.13. The van der Waals surface area contributed by atoms with Crippen molar-refractivity contribution in [1.29, 1.82) is 0 Å². The molecule has 0 saturated heterocycles. The number of nitrogens with one attached hydrogen (secondary N) is 1. The quantitative estimate of drug-likeness (QED) is 0.810. The summed E-state index contributed by atoms with van der Waals surface area (Å²) in [7, 11) is 0. The number of aromatic nitrogens is 1. The third kappa shape index (κ3) is 4.70. The average molecular weight is 311 g/mol. The molecule has 0 radical (unpaired) electrons. The van der Waals surface area contributed by atoms with Crippen LogP contribution in [0.15, 0.2) is 5.38 Å². The number of thiazole rings is 1. The van der Waals surface area contributed by atoms with Crippen LogP contribution in [0.1, 0.15) is 51.1 Å². The van der Waals surface area contributed by atoms with E-state index in [0.717, 1.165) is 5.69 Å². The molecular formula is C14H21N3O3S. The maximum atomic E-state index is 12.3. The lowest BCUT2D eigenvalue weighted by Gasteiger charge is -2.26. The van der Waals surface area contributed by atoms with E-state index in [-0.39, 0.29) is 18.5 Å². The molecule has 2 amide bonds. The smallest absolute Gasteiger partial charge is 0.323 e. The number of anilines is 1. The van der Waals surface area contributed by atoms with Gasteiger partial charge in [-0.2, -0.15) is 0 Å². The fourth-order valence-electron chi connectivity index (χ4n) is 2.07. The average Bonchev–Trinajstić information content (AvgIpc) is 3.15. The molecule has 116 valence electrons. The van der Waals surface area contributed by atoms with Gasteiger partial charge in [-0.15, -0.1) is 11.3 Å². The molecule has 0 spiro atoms. The predicted molar refractivity (Wildman–Crippen MR) is 81.8 cm³/mol. The van der Waals surface area contributed by atoms with Gasteiger partial charge in [0.1, 0.15) is 0 Å². The summed E-state index contributed by atoms with van der Waals surface area (Å²) in [6, 6.07) is -0.200. The standard InChI is InChI=1S/C14H21N3O3S/c1-9(2)17(7-3-4-12(18)19)14(20)16-13-15-11(8-21-13)10-5-6-10/h8-10H,3-7H2,1-2H3,(H,18,19)(H,15,16,20). The van der Waals surface area contributed by atoms with Crippen molar-refractivity contribution >= 4 is 28.5 Å². The van der Waals surface area contributed by atoms with E-state index < -0.39 is 5.97 Å². The van der Waals surface area contributed by atoms with E-state index in [1.54, 1.807) is 4.90 Å². The maximum absolute atomic E-state index is 12.3. The number of carboxylic acid groups (broad SMARTS) is 1. The van der Waals surface area contributed by atoms with Crippen LogP contribution in [-0.4, -0.2) is 39.6 Å². The largest absolute Gasteiger partial charge is 0.481 e. The number of nitrogens with zero attached hydrogens (tertiary/aromatic N) is 2. The van der Waals surface area contributed by atoms with Crippen LogP contribution < -0.4 is 5.32 Å². The highest BCUT2D eigenvalue weighted by Gasteiger charge is 2.26.